The molecule has 3 atom stereocenters. The SMILES string of the molecule is COc1ccc(CCNC(=O)[C@H](CS)NC(=O)[C@H](CC(C)C)NC(=O)[C@H](CCC(=O)O)NC(=O)c2ccc(C#N)cc2)cc1. The van der Waals surface area contributed by atoms with E-state index in [4.69, 9.17) is 10.00 Å². The van der Waals surface area contributed by atoms with Crippen LogP contribution in [0, 0.1) is 17.2 Å². The Hall–Kier alpha value is -4.57. The van der Waals surface area contributed by atoms with Crippen LogP contribution in [-0.2, 0) is 25.6 Å². The minimum Gasteiger partial charge on any atom is -0.497 e. The van der Waals surface area contributed by atoms with Gasteiger partial charge in [-0.1, -0.05) is 26.0 Å². The minimum atomic E-state index is -1.27. The van der Waals surface area contributed by atoms with Crippen molar-refractivity contribution in [1.82, 2.24) is 21.3 Å². The molecule has 0 unspecified atom stereocenters. The zero-order valence-electron chi connectivity index (χ0n) is 25.0. The number of carboxylic acids is 1. The number of nitrogens with zero attached hydrogens (tertiary/aromatic N) is 1. The number of amides is 4. The van der Waals surface area contributed by atoms with Crippen LogP contribution in [-0.4, -0.2) is 72.2 Å². The number of nitrogens with one attached hydrogen (secondary N) is 4. The molecule has 0 spiro atoms. The largest absolute Gasteiger partial charge is 0.497 e. The maximum atomic E-state index is 13.3. The molecule has 44 heavy (non-hydrogen) atoms. The normalized spacial score (nSPS) is 12.6. The standard InChI is InChI=1S/C31H39N5O7S/c1-19(2)16-25(31(42)36-26(18-44)29(40)33-15-14-20-6-10-23(43-3)11-7-20)35-30(41)24(12-13-27(37)38)34-28(39)22-8-4-21(17-32)5-9-22/h4-11,19,24-26,44H,12-16,18H2,1-3H3,(H,33,40)(H,34,39)(H,35,41)(H,36,42)(H,37,38)/t24-,25-,26-/m0/s1. The first-order valence-electron chi connectivity index (χ1n) is 14.1. The van der Waals surface area contributed by atoms with Crippen LogP contribution in [0.15, 0.2) is 48.5 Å². The molecular formula is C31H39N5O7S. The molecule has 0 saturated carbocycles. The van der Waals surface area contributed by atoms with Crippen molar-refractivity contribution in [3.8, 4) is 11.8 Å². The van der Waals surface area contributed by atoms with Gasteiger partial charge in [0.05, 0.1) is 18.7 Å². The third-order valence-electron chi connectivity index (χ3n) is 6.57. The van der Waals surface area contributed by atoms with Crippen molar-refractivity contribution in [3.05, 3.63) is 65.2 Å². The second-order valence-electron chi connectivity index (χ2n) is 10.5. The molecular weight excluding hydrogens is 586 g/mol. The lowest BCUT2D eigenvalue weighted by molar-refractivity contribution is -0.137. The lowest BCUT2D eigenvalue weighted by Crippen LogP contribution is -2.57. The summed E-state index contributed by atoms with van der Waals surface area (Å²) in [6.45, 7) is 4.02. The molecule has 13 heteroatoms. The fourth-order valence-corrected chi connectivity index (χ4v) is 4.42. The third kappa shape index (κ3) is 12.0. The molecule has 0 aromatic heterocycles. The molecule has 0 aliphatic carbocycles. The van der Waals surface area contributed by atoms with E-state index in [0.717, 1.165) is 11.3 Å². The van der Waals surface area contributed by atoms with E-state index in [-0.39, 0.29) is 30.1 Å². The maximum Gasteiger partial charge on any atom is 0.303 e. The van der Waals surface area contributed by atoms with Crippen molar-refractivity contribution >= 4 is 42.2 Å². The summed E-state index contributed by atoms with van der Waals surface area (Å²) in [5.41, 5.74) is 1.50. The van der Waals surface area contributed by atoms with Gasteiger partial charge in [0.1, 0.15) is 23.9 Å². The van der Waals surface area contributed by atoms with Gasteiger partial charge in [-0.3, -0.25) is 24.0 Å². The molecule has 12 nitrogen and oxygen atoms in total. The molecule has 0 radical (unpaired) electrons. The topological polar surface area (TPSA) is 187 Å². The van der Waals surface area contributed by atoms with Gasteiger partial charge in [-0.25, -0.2) is 0 Å². The highest BCUT2D eigenvalue weighted by atomic mass is 32.1. The van der Waals surface area contributed by atoms with Crippen molar-refractivity contribution < 1.29 is 33.8 Å². The van der Waals surface area contributed by atoms with E-state index in [0.29, 0.717) is 18.5 Å². The molecule has 0 aliphatic rings. The van der Waals surface area contributed by atoms with Gasteiger partial charge in [-0.05, 0) is 67.1 Å². The van der Waals surface area contributed by atoms with E-state index in [1.807, 2.05) is 44.2 Å². The van der Waals surface area contributed by atoms with Gasteiger partial charge in [-0.2, -0.15) is 17.9 Å². The first kappa shape index (κ1) is 35.6. The van der Waals surface area contributed by atoms with Crippen LogP contribution in [0.5, 0.6) is 5.75 Å². The van der Waals surface area contributed by atoms with E-state index in [1.165, 1.54) is 24.3 Å². The summed E-state index contributed by atoms with van der Waals surface area (Å²) < 4.78 is 5.14. The van der Waals surface area contributed by atoms with Crippen LogP contribution < -0.4 is 26.0 Å². The van der Waals surface area contributed by atoms with Crippen molar-refractivity contribution in [2.45, 2.75) is 57.7 Å². The highest BCUT2D eigenvalue weighted by Crippen LogP contribution is 2.12. The number of carbonyl (C=O) groups excluding carboxylic acids is 4. The molecule has 0 bridgehead atoms. The monoisotopic (exact) mass is 625 g/mol. The Kier molecular flexibility index (Phi) is 14.7. The van der Waals surface area contributed by atoms with Crippen LogP contribution in [0.1, 0.15) is 54.6 Å². The fraction of sp³-hybridized carbons (Fsp3) is 0.419. The summed E-state index contributed by atoms with van der Waals surface area (Å²) in [5, 5.41) is 28.7. The zero-order chi connectivity index (χ0) is 32.6. The van der Waals surface area contributed by atoms with Crippen molar-refractivity contribution in [3.63, 3.8) is 0 Å². The van der Waals surface area contributed by atoms with Gasteiger partial charge in [0.15, 0.2) is 0 Å². The Morgan fingerprint density at radius 1 is 0.886 bits per heavy atom. The van der Waals surface area contributed by atoms with Gasteiger partial charge in [-0.15, -0.1) is 0 Å². The van der Waals surface area contributed by atoms with Crippen LogP contribution in [0.3, 0.4) is 0 Å². The van der Waals surface area contributed by atoms with Crippen LogP contribution in [0.4, 0.5) is 0 Å². The lowest BCUT2D eigenvalue weighted by Gasteiger charge is -2.26. The first-order valence-corrected chi connectivity index (χ1v) is 14.8. The van der Waals surface area contributed by atoms with E-state index in [2.05, 4.69) is 33.9 Å². The summed E-state index contributed by atoms with van der Waals surface area (Å²) >= 11 is 4.22. The van der Waals surface area contributed by atoms with Gasteiger partial charge >= 0.3 is 5.97 Å². The second-order valence-corrected chi connectivity index (χ2v) is 10.8. The maximum absolute atomic E-state index is 13.3. The van der Waals surface area contributed by atoms with Crippen molar-refractivity contribution in [1.29, 1.82) is 5.26 Å². The second kappa shape index (κ2) is 18.2. The number of rotatable bonds is 17. The van der Waals surface area contributed by atoms with E-state index in [1.54, 1.807) is 7.11 Å². The molecule has 0 aliphatic heterocycles. The molecule has 2 rings (SSSR count). The molecule has 0 heterocycles. The number of hydrogen-bond donors (Lipinski definition) is 6. The van der Waals surface area contributed by atoms with Crippen molar-refractivity contribution in [2.75, 3.05) is 19.4 Å². The smallest absolute Gasteiger partial charge is 0.303 e. The van der Waals surface area contributed by atoms with Gasteiger partial charge in [0, 0.05) is 24.3 Å². The van der Waals surface area contributed by atoms with Crippen LogP contribution in [0.25, 0.3) is 0 Å². The molecule has 236 valence electrons. The predicted octanol–water partition coefficient (Wildman–Crippen LogP) is 1.83. The van der Waals surface area contributed by atoms with Crippen LogP contribution >= 0.6 is 12.6 Å². The Balaban J connectivity index is 2.07. The number of thiol groups is 1. The highest BCUT2D eigenvalue weighted by molar-refractivity contribution is 7.80. The number of ether oxygens (including phenoxy) is 1. The molecule has 5 N–H and O–H groups in total. The Labute approximate surface area is 262 Å². The summed E-state index contributed by atoms with van der Waals surface area (Å²) in [4.78, 5) is 63.4. The van der Waals surface area contributed by atoms with E-state index in [9.17, 15) is 29.1 Å². The molecule has 2 aromatic rings. The first-order chi connectivity index (χ1) is 21.0. The third-order valence-corrected chi connectivity index (χ3v) is 6.94. The number of aliphatic carboxylic acids is 1. The number of nitriles is 1. The molecule has 0 saturated heterocycles. The van der Waals surface area contributed by atoms with E-state index >= 15 is 0 Å². The predicted molar refractivity (Wildman–Crippen MR) is 166 cm³/mol. The fourth-order valence-electron chi connectivity index (χ4n) is 4.16. The summed E-state index contributed by atoms with van der Waals surface area (Å²) in [6, 6.07) is 11.8. The zero-order valence-corrected chi connectivity index (χ0v) is 25.9. The highest BCUT2D eigenvalue weighted by Gasteiger charge is 2.30. The Morgan fingerprint density at radius 2 is 1.50 bits per heavy atom. The Morgan fingerprint density at radius 3 is 2.05 bits per heavy atom. The number of carboxylic acid groups (broad SMARTS) is 1. The lowest BCUT2D eigenvalue weighted by atomic mass is 10.0. The van der Waals surface area contributed by atoms with Gasteiger partial charge in [0.2, 0.25) is 17.7 Å². The molecule has 4 amide bonds. The molecule has 2 aromatic carbocycles. The van der Waals surface area contributed by atoms with Crippen LogP contribution in [0.2, 0.25) is 0 Å². The number of benzene rings is 2. The Bertz CT molecular complexity index is 1330. The molecule has 0 fully saturated rings. The average molecular weight is 626 g/mol. The summed E-state index contributed by atoms with van der Waals surface area (Å²) in [5.74, 6) is -2.93. The summed E-state index contributed by atoms with van der Waals surface area (Å²) in [6.07, 6.45) is 0.131. The summed E-state index contributed by atoms with van der Waals surface area (Å²) in [7, 11) is 1.58. The van der Waals surface area contributed by atoms with Gasteiger partial charge in [0.25, 0.3) is 5.91 Å². The minimum absolute atomic E-state index is 0.00430. The quantitative estimate of drug-likeness (QED) is 0.144. The number of methoxy groups -OCH3 is 1. The number of hydrogen-bond acceptors (Lipinski definition) is 8. The van der Waals surface area contributed by atoms with Crippen molar-refractivity contribution in [2.24, 2.45) is 5.92 Å². The number of carbonyl (C=O) groups is 5. The van der Waals surface area contributed by atoms with E-state index < -0.39 is 54.1 Å². The van der Waals surface area contributed by atoms with Gasteiger partial charge < -0.3 is 31.1 Å². The average Bonchev–Trinajstić information content (AvgIpc) is 3.01.